The molecule has 2 amide bonds. The molecule has 5 nitrogen and oxygen atoms in total. The van der Waals surface area contributed by atoms with Crippen LogP contribution in [0.1, 0.15) is 11.1 Å². The van der Waals surface area contributed by atoms with Gasteiger partial charge in [-0.3, -0.25) is 9.59 Å². The van der Waals surface area contributed by atoms with Gasteiger partial charge < -0.3 is 0 Å². The highest BCUT2D eigenvalue weighted by Crippen LogP contribution is 2.30. The number of halogens is 1. The van der Waals surface area contributed by atoms with E-state index in [9.17, 15) is 18.0 Å². The fraction of sp³-hybridized carbons (Fsp3) is 0.167. The lowest BCUT2D eigenvalue weighted by atomic mass is 10.1. The Morgan fingerprint density at radius 1 is 1.00 bits per heavy atom. The summed E-state index contributed by atoms with van der Waals surface area (Å²) in [7, 11) is 1.49. The van der Waals surface area contributed by atoms with E-state index in [0.29, 0.717) is 16.8 Å². The van der Waals surface area contributed by atoms with Crippen LogP contribution in [-0.2, 0) is 18.6 Å². The first-order chi connectivity index (χ1) is 8.71. The molecule has 7 heteroatoms. The Bertz CT molecular complexity index is 680. The maximum Gasteiger partial charge on any atom is 0.261 e. The average Bonchev–Trinajstić information content (AvgIpc) is 2.55. The van der Waals surface area contributed by atoms with Crippen molar-refractivity contribution in [2.75, 3.05) is 4.90 Å². The van der Waals surface area contributed by atoms with Gasteiger partial charge in [0.25, 0.3) is 20.9 Å². The van der Waals surface area contributed by atoms with Crippen LogP contribution in [0.5, 0.6) is 0 Å². The van der Waals surface area contributed by atoms with E-state index in [0.717, 1.165) is 4.90 Å². The Kier molecular flexibility index (Phi) is 3.24. The maximum absolute atomic E-state index is 11.6. The number of carbonyl (C=O) groups excluding carboxylic acids is 2. The number of carbonyl (C=O) groups is 2. The molecular formula is C12H10ClNO4S. The van der Waals surface area contributed by atoms with Crippen LogP contribution in [0.2, 0.25) is 0 Å². The van der Waals surface area contributed by atoms with Gasteiger partial charge >= 0.3 is 0 Å². The molecule has 0 atom stereocenters. The third-order valence-corrected chi connectivity index (χ3v) is 4.35. The maximum atomic E-state index is 11.6. The van der Waals surface area contributed by atoms with Crippen LogP contribution >= 0.6 is 10.7 Å². The van der Waals surface area contributed by atoms with Gasteiger partial charge in [0.1, 0.15) is 0 Å². The van der Waals surface area contributed by atoms with Crippen molar-refractivity contribution in [3.05, 3.63) is 35.4 Å². The lowest BCUT2D eigenvalue weighted by Crippen LogP contribution is -2.29. The molecule has 1 aliphatic heterocycles. The van der Waals surface area contributed by atoms with Crippen molar-refractivity contribution in [3.63, 3.8) is 0 Å². The number of hydrogen-bond acceptors (Lipinski definition) is 4. The summed E-state index contributed by atoms with van der Waals surface area (Å²) in [6.07, 6.45) is 2.33. The van der Waals surface area contributed by atoms with Crippen molar-refractivity contribution in [1.82, 2.24) is 0 Å². The molecule has 0 unspecified atom stereocenters. The van der Waals surface area contributed by atoms with Crippen molar-refractivity contribution < 1.29 is 18.0 Å². The summed E-state index contributed by atoms with van der Waals surface area (Å²) in [5, 5.41) is 0. The van der Waals surface area contributed by atoms with Gasteiger partial charge in [-0.05, 0) is 37.1 Å². The molecular weight excluding hydrogens is 290 g/mol. The van der Waals surface area contributed by atoms with E-state index in [2.05, 4.69) is 0 Å². The summed E-state index contributed by atoms with van der Waals surface area (Å²) >= 11 is 0. The van der Waals surface area contributed by atoms with E-state index in [1.807, 2.05) is 0 Å². The quantitative estimate of drug-likeness (QED) is 0.615. The zero-order valence-corrected chi connectivity index (χ0v) is 11.7. The molecule has 100 valence electrons. The van der Waals surface area contributed by atoms with Gasteiger partial charge in [-0.2, -0.15) is 0 Å². The Morgan fingerprint density at radius 2 is 1.42 bits per heavy atom. The summed E-state index contributed by atoms with van der Waals surface area (Å²) in [5.74, 6) is -0.907. The first kappa shape index (κ1) is 13.8. The largest absolute Gasteiger partial charge is 0.269 e. The molecule has 0 aromatic heterocycles. The van der Waals surface area contributed by atoms with Gasteiger partial charge in [0.15, 0.2) is 0 Å². The summed E-state index contributed by atoms with van der Waals surface area (Å²) in [5.41, 5.74) is 1.11. The van der Waals surface area contributed by atoms with Gasteiger partial charge in [0.05, 0.1) is 10.6 Å². The molecule has 0 fully saturated rings. The first-order valence-corrected chi connectivity index (χ1v) is 7.65. The monoisotopic (exact) mass is 299 g/mol. The van der Waals surface area contributed by atoms with Crippen LogP contribution in [0.3, 0.4) is 0 Å². The Morgan fingerprint density at radius 3 is 1.79 bits per heavy atom. The number of benzene rings is 1. The number of nitrogens with zero attached hydrogens (tertiary/aromatic N) is 1. The molecule has 0 saturated heterocycles. The third kappa shape index (κ3) is 2.41. The minimum Gasteiger partial charge on any atom is -0.269 e. The van der Waals surface area contributed by atoms with Crippen LogP contribution < -0.4 is 4.90 Å². The van der Waals surface area contributed by atoms with Gasteiger partial charge in [0, 0.05) is 22.8 Å². The van der Waals surface area contributed by atoms with Crippen LogP contribution in [0.15, 0.2) is 29.2 Å². The number of imide groups is 1. The Labute approximate surface area is 114 Å². The highest BCUT2D eigenvalue weighted by atomic mass is 35.7. The van der Waals surface area contributed by atoms with E-state index >= 15 is 0 Å². The fourth-order valence-corrected chi connectivity index (χ4v) is 3.71. The average molecular weight is 300 g/mol. The molecule has 0 radical (unpaired) electrons. The van der Waals surface area contributed by atoms with Crippen LogP contribution in [-0.4, -0.2) is 20.2 Å². The molecule has 0 aliphatic carbocycles. The molecule has 1 heterocycles. The highest BCUT2D eigenvalue weighted by Gasteiger charge is 2.27. The molecule has 1 aliphatic rings. The summed E-state index contributed by atoms with van der Waals surface area (Å²) in [6, 6.07) is 2.90. The van der Waals surface area contributed by atoms with Gasteiger partial charge in [0.2, 0.25) is 0 Å². The molecule has 1 aromatic carbocycles. The number of anilines is 1. The second-order valence-electron chi connectivity index (χ2n) is 4.19. The minimum absolute atomic E-state index is 0.00460. The van der Waals surface area contributed by atoms with Crippen molar-refractivity contribution in [1.29, 1.82) is 0 Å². The SMILES string of the molecule is Cc1cc(N2C(=O)C=CC2=O)cc(C)c1S(=O)(=O)Cl. The van der Waals surface area contributed by atoms with Gasteiger partial charge in [-0.15, -0.1) is 0 Å². The van der Waals surface area contributed by atoms with Crippen molar-refractivity contribution in [3.8, 4) is 0 Å². The first-order valence-electron chi connectivity index (χ1n) is 5.34. The smallest absolute Gasteiger partial charge is 0.261 e. The van der Waals surface area contributed by atoms with Crippen molar-refractivity contribution in [2.24, 2.45) is 0 Å². The summed E-state index contributed by atoms with van der Waals surface area (Å²) in [6.45, 7) is 3.12. The van der Waals surface area contributed by atoms with Crippen molar-refractivity contribution >= 4 is 37.2 Å². The number of rotatable bonds is 2. The Balaban J connectivity index is 2.59. The number of amides is 2. The van der Waals surface area contributed by atoms with E-state index < -0.39 is 20.9 Å². The molecule has 2 rings (SSSR count). The van der Waals surface area contributed by atoms with Gasteiger partial charge in [-0.1, -0.05) is 0 Å². The topological polar surface area (TPSA) is 71.5 Å². The molecule has 0 saturated carbocycles. The molecule has 19 heavy (non-hydrogen) atoms. The number of hydrogen-bond donors (Lipinski definition) is 0. The molecule has 0 spiro atoms. The molecule has 0 bridgehead atoms. The van der Waals surface area contributed by atoms with E-state index in [-0.39, 0.29) is 4.90 Å². The van der Waals surface area contributed by atoms with Gasteiger partial charge in [-0.25, -0.2) is 13.3 Å². The summed E-state index contributed by atoms with van der Waals surface area (Å²) < 4.78 is 22.9. The second kappa shape index (κ2) is 4.47. The zero-order valence-electron chi connectivity index (χ0n) is 10.2. The predicted molar refractivity (Wildman–Crippen MR) is 70.6 cm³/mol. The van der Waals surface area contributed by atoms with E-state index in [4.69, 9.17) is 10.7 Å². The van der Waals surface area contributed by atoms with Crippen LogP contribution in [0.4, 0.5) is 5.69 Å². The standard InChI is InChI=1S/C12H10ClNO4S/c1-7-5-9(14-10(15)3-4-11(14)16)6-8(2)12(7)19(13,17)18/h3-6H,1-2H3. The normalized spacial score (nSPS) is 15.4. The van der Waals surface area contributed by atoms with Crippen LogP contribution in [0, 0.1) is 13.8 Å². The Hall–Kier alpha value is -1.66. The molecule has 0 N–H and O–H groups in total. The van der Waals surface area contributed by atoms with E-state index in [1.165, 1.54) is 24.3 Å². The van der Waals surface area contributed by atoms with Crippen LogP contribution in [0.25, 0.3) is 0 Å². The third-order valence-electron chi connectivity index (χ3n) is 2.76. The minimum atomic E-state index is -3.86. The fourth-order valence-electron chi connectivity index (χ4n) is 2.10. The number of aryl methyl sites for hydroxylation is 2. The van der Waals surface area contributed by atoms with E-state index in [1.54, 1.807) is 13.8 Å². The lowest BCUT2D eigenvalue weighted by molar-refractivity contribution is -0.119. The zero-order chi connectivity index (χ0) is 14.4. The second-order valence-corrected chi connectivity index (χ2v) is 6.69. The molecule has 1 aromatic rings. The predicted octanol–water partition coefficient (Wildman–Crippen LogP) is 1.66. The highest BCUT2D eigenvalue weighted by molar-refractivity contribution is 8.13. The lowest BCUT2D eigenvalue weighted by Gasteiger charge is -2.17. The van der Waals surface area contributed by atoms with Crippen molar-refractivity contribution in [2.45, 2.75) is 18.7 Å². The summed E-state index contributed by atoms with van der Waals surface area (Å²) in [4.78, 5) is 24.1.